The van der Waals surface area contributed by atoms with E-state index in [0.717, 1.165) is 4.88 Å². The van der Waals surface area contributed by atoms with Crippen molar-refractivity contribution in [1.29, 1.82) is 0 Å². The van der Waals surface area contributed by atoms with E-state index in [0.29, 0.717) is 4.88 Å². The van der Waals surface area contributed by atoms with Crippen LogP contribution in [0.15, 0.2) is 36.4 Å². The monoisotopic (exact) mass is 433 g/mol. The third-order valence-electron chi connectivity index (χ3n) is 3.96. The highest BCUT2D eigenvalue weighted by molar-refractivity contribution is 7.13. The number of hydrogen-bond acceptors (Lipinski definition) is 7. The van der Waals surface area contributed by atoms with Crippen LogP contribution in [-0.2, 0) is 14.3 Å². The summed E-state index contributed by atoms with van der Waals surface area (Å²) in [7, 11) is 0. The molecule has 2 rings (SSSR count). The molecule has 160 valence electrons. The maximum atomic E-state index is 12.4. The number of nitrogens with one attached hydrogen (secondary N) is 2. The summed E-state index contributed by atoms with van der Waals surface area (Å²) in [6.07, 6.45) is -0.652. The van der Waals surface area contributed by atoms with Gasteiger partial charge in [0.15, 0.2) is 0 Å². The zero-order chi connectivity index (χ0) is 22.3. The Morgan fingerprint density at radius 3 is 2.47 bits per heavy atom. The number of para-hydroxylation sites is 1. The number of esters is 1. The standard InChI is InChI=1S/C20H23N3O6S/c1-12(2)29-19(25)10-15(14-6-4-5-7-16(14)23(27)28)22-18(24)11-21-20(26)17-9-8-13(3)30-17/h4-9,12,15H,10-11H2,1-3H3,(H,21,26)(H,22,24). The van der Waals surface area contributed by atoms with Gasteiger partial charge in [-0.05, 0) is 32.9 Å². The Hall–Kier alpha value is -3.27. The lowest BCUT2D eigenvalue weighted by atomic mass is 10.0. The normalized spacial score (nSPS) is 11.6. The van der Waals surface area contributed by atoms with E-state index in [1.165, 1.54) is 29.5 Å². The summed E-state index contributed by atoms with van der Waals surface area (Å²) in [5.41, 5.74) is -0.0463. The van der Waals surface area contributed by atoms with Crippen LogP contribution < -0.4 is 10.6 Å². The summed E-state index contributed by atoms with van der Waals surface area (Å²) in [4.78, 5) is 48.9. The van der Waals surface area contributed by atoms with Crippen molar-refractivity contribution in [3.63, 3.8) is 0 Å². The quantitative estimate of drug-likeness (QED) is 0.356. The molecule has 0 spiro atoms. The van der Waals surface area contributed by atoms with Gasteiger partial charge >= 0.3 is 5.97 Å². The molecule has 0 fully saturated rings. The van der Waals surface area contributed by atoms with Gasteiger partial charge in [0, 0.05) is 10.9 Å². The number of carbonyl (C=O) groups is 3. The van der Waals surface area contributed by atoms with Crippen molar-refractivity contribution >= 4 is 34.8 Å². The average Bonchev–Trinajstić information content (AvgIpc) is 3.11. The molecule has 0 aliphatic carbocycles. The molecule has 0 radical (unpaired) electrons. The van der Waals surface area contributed by atoms with Crippen LogP contribution in [0, 0.1) is 17.0 Å². The summed E-state index contributed by atoms with van der Waals surface area (Å²) in [5.74, 6) is -1.59. The lowest BCUT2D eigenvalue weighted by Crippen LogP contribution is -2.39. The van der Waals surface area contributed by atoms with Crippen molar-refractivity contribution in [3.8, 4) is 0 Å². The Kier molecular flexibility index (Phi) is 8.05. The van der Waals surface area contributed by atoms with Crippen LogP contribution in [0.4, 0.5) is 5.69 Å². The van der Waals surface area contributed by atoms with Crippen molar-refractivity contribution in [2.45, 2.75) is 39.3 Å². The zero-order valence-electron chi connectivity index (χ0n) is 16.8. The first kappa shape index (κ1) is 23.0. The highest BCUT2D eigenvalue weighted by Crippen LogP contribution is 2.27. The first-order valence-corrected chi connectivity index (χ1v) is 10.1. The Balaban J connectivity index is 2.12. The molecule has 0 saturated heterocycles. The largest absolute Gasteiger partial charge is 0.463 e. The van der Waals surface area contributed by atoms with E-state index in [-0.39, 0.29) is 30.3 Å². The van der Waals surface area contributed by atoms with Crippen molar-refractivity contribution in [2.75, 3.05) is 6.54 Å². The van der Waals surface area contributed by atoms with E-state index < -0.39 is 28.7 Å². The molecule has 2 aromatic rings. The number of thiophene rings is 1. The van der Waals surface area contributed by atoms with Crippen LogP contribution in [-0.4, -0.2) is 35.4 Å². The molecule has 0 bridgehead atoms. The van der Waals surface area contributed by atoms with Crippen molar-refractivity contribution in [2.24, 2.45) is 0 Å². The number of rotatable bonds is 9. The molecular weight excluding hydrogens is 410 g/mol. The van der Waals surface area contributed by atoms with E-state index in [9.17, 15) is 24.5 Å². The minimum atomic E-state index is -0.980. The zero-order valence-corrected chi connectivity index (χ0v) is 17.7. The number of aryl methyl sites for hydroxylation is 1. The predicted molar refractivity (Wildman–Crippen MR) is 111 cm³/mol. The van der Waals surface area contributed by atoms with Crippen LogP contribution in [0.2, 0.25) is 0 Å². The average molecular weight is 433 g/mol. The Bertz CT molecular complexity index is 940. The minimum Gasteiger partial charge on any atom is -0.463 e. The molecule has 0 aliphatic rings. The fourth-order valence-electron chi connectivity index (χ4n) is 2.71. The summed E-state index contributed by atoms with van der Waals surface area (Å²) in [6, 6.07) is 8.32. The summed E-state index contributed by atoms with van der Waals surface area (Å²) in [6.45, 7) is 4.88. The number of nitro benzene ring substituents is 1. The smallest absolute Gasteiger partial charge is 0.308 e. The predicted octanol–water partition coefficient (Wildman–Crippen LogP) is 2.89. The van der Waals surface area contributed by atoms with Gasteiger partial charge in [-0.3, -0.25) is 24.5 Å². The van der Waals surface area contributed by atoms with Crippen molar-refractivity contribution in [1.82, 2.24) is 10.6 Å². The molecule has 2 N–H and O–H groups in total. The molecule has 1 unspecified atom stereocenters. The van der Waals surface area contributed by atoms with E-state index in [1.54, 1.807) is 32.0 Å². The first-order valence-electron chi connectivity index (χ1n) is 9.24. The van der Waals surface area contributed by atoms with Crippen LogP contribution >= 0.6 is 11.3 Å². The maximum absolute atomic E-state index is 12.4. The van der Waals surface area contributed by atoms with Gasteiger partial charge in [0.25, 0.3) is 11.6 Å². The molecule has 10 heteroatoms. The second kappa shape index (κ2) is 10.5. The van der Waals surface area contributed by atoms with Gasteiger partial charge in [0.05, 0.1) is 40.5 Å². The summed E-state index contributed by atoms with van der Waals surface area (Å²) < 4.78 is 5.11. The molecule has 30 heavy (non-hydrogen) atoms. The number of carbonyl (C=O) groups excluding carboxylic acids is 3. The molecule has 1 heterocycles. The lowest BCUT2D eigenvalue weighted by molar-refractivity contribution is -0.385. The van der Waals surface area contributed by atoms with Gasteiger partial charge in [-0.25, -0.2) is 0 Å². The van der Waals surface area contributed by atoms with Gasteiger partial charge in [0.2, 0.25) is 5.91 Å². The Morgan fingerprint density at radius 2 is 1.87 bits per heavy atom. The van der Waals surface area contributed by atoms with Gasteiger partial charge in [-0.15, -0.1) is 11.3 Å². The first-order chi connectivity index (χ1) is 14.2. The maximum Gasteiger partial charge on any atom is 0.308 e. The van der Waals surface area contributed by atoms with Crippen LogP contribution in [0.1, 0.15) is 46.4 Å². The second-order valence-corrected chi connectivity index (χ2v) is 8.06. The number of benzene rings is 1. The van der Waals surface area contributed by atoms with Crippen molar-refractivity contribution < 1.29 is 24.0 Å². The van der Waals surface area contributed by atoms with Crippen LogP contribution in [0.5, 0.6) is 0 Å². The number of nitro groups is 1. The van der Waals surface area contributed by atoms with E-state index in [2.05, 4.69) is 10.6 Å². The SMILES string of the molecule is Cc1ccc(C(=O)NCC(=O)NC(CC(=O)OC(C)C)c2ccccc2[N+](=O)[O-])s1. The topological polar surface area (TPSA) is 128 Å². The van der Waals surface area contributed by atoms with Crippen molar-refractivity contribution in [3.05, 3.63) is 61.8 Å². The fourth-order valence-corrected chi connectivity index (χ4v) is 3.50. The summed E-state index contributed by atoms with van der Waals surface area (Å²) >= 11 is 1.30. The third kappa shape index (κ3) is 6.66. The molecule has 0 saturated carbocycles. The van der Waals surface area contributed by atoms with Crippen LogP contribution in [0.25, 0.3) is 0 Å². The highest BCUT2D eigenvalue weighted by atomic mass is 32.1. The highest BCUT2D eigenvalue weighted by Gasteiger charge is 2.26. The third-order valence-corrected chi connectivity index (χ3v) is 4.96. The number of ether oxygens (including phenoxy) is 1. The molecule has 0 aliphatic heterocycles. The van der Waals surface area contributed by atoms with Gasteiger partial charge in [-0.2, -0.15) is 0 Å². The van der Waals surface area contributed by atoms with E-state index in [4.69, 9.17) is 4.74 Å². The van der Waals surface area contributed by atoms with Gasteiger partial charge in [0.1, 0.15) is 0 Å². The van der Waals surface area contributed by atoms with E-state index in [1.807, 2.05) is 6.92 Å². The molecule has 1 aromatic heterocycles. The number of amides is 2. The van der Waals surface area contributed by atoms with Gasteiger partial charge < -0.3 is 15.4 Å². The lowest BCUT2D eigenvalue weighted by Gasteiger charge is -2.19. The summed E-state index contributed by atoms with van der Waals surface area (Å²) in [5, 5.41) is 16.5. The fraction of sp³-hybridized carbons (Fsp3) is 0.350. The van der Waals surface area contributed by atoms with E-state index >= 15 is 0 Å². The second-order valence-electron chi connectivity index (χ2n) is 6.77. The van der Waals surface area contributed by atoms with Gasteiger partial charge in [-0.1, -0.05) is 18.2 Å². The number of nitrogens with zero attached hydrogens (tertiary/aromatic N) is 1. The number of hydrogen-bond donors (Lipinski definition) is 2. The molecular formula is C20H23N3O6S. The molecule has 1 aromatic carbocycles. The molecule has 2 amide bonds. The minimum absolute atomic E-state index is 0.178. The molecule has 9 nitrogen and oxygen atoms in total. The molecule has 1 atom stereocenters. The Morgan fingerprint density at radius 1 is 1.17 bits per heavy atom. The Labute approximate surface area is 177 Å². The van der Waals surface area contributed by atoms with Crippen LogP contribution in [0.3, 0.4) is 0 Å².